The van der Waals surface area contributed by atoms with Crippen molar-refractivity contribution in [1.29, 1.82) is 0 Å². The summed E-state index contributed by atoms with van der Waals surface area (Å²) in [7, 11) is -4.73. The van der Waals surface area contributed by atoms with E-state index in [1.54, 1.807) is 18.2 Å². The minimum absolute atomic E-state index is 0.100. The van der Waals surface area contributed by atoms with Gasteiger partial charge in [-0.15, -0.1) is 0 Å². The van der Waals surface area contributed by atoms with Crippen LogP contribution in [-0.2, 0) is 16.8 Å². The van der Waals surface area contributed by atoms with Crippen molar-refractivity contribution in [2.45, 2.75) is 25.0 Å². The third-order valence-electron chi connectivity index (χ3n) is 3.63. The lowest BCUT2D eigenvalue weighted by Gasteiger charge is -2.25. The number of benzene rings is 2. The van der Waals surface area contributed by atoms with E-state index in [0.717, 1.165) is 23.8 Å². The van der Waals surface area contributed by atoms with Crippen LogP contribution in [0.3, 0.4) is 0 Å². The van der Waals surface area contributed by atoms with Crippen molar-refractivity contribution in [2.24, 2.45) is 0 Å². The summed E-state index contributed by atoms with van der Waals surface area (Å²) in [6.07, 6.45) is 0.507. The Hall–Kier alpha value is -1.89. The number of aromatic hydroxyl groups is 2. The molecule has 0 heterocycles. The molecule has 0 fully saturated rings. The fraction of sp³-hybridized carbons (Fsp3) is 0.250. The maximum Gasteiger partial charge on any atom is 0.356 e. The SMILES string of the molecule is O=P(O)(O)c1ccc(O)cc1C(O)(O)CCCc1cccc(O)c1. The summed E-state index contributed by atoms with van der Waals surface area (Å²) in [6.45, 7) is 0. The number of aliphatic hydroxyl groups is 2. The Morgan fingerprint density at radius 1 is 0.958 bits per heavy atom. The van der Waals surface area contributed by atoms with Gasteiger partial charge in [0.05, 0.1) is 5.30 Å². The van der Waals surface area contributed by atoms with Crippen LogP contribution in [0.2, 0.25) is 0 Å². The van der Waals surface area contributed by atoms with Crippen LogP contribution in [0, 0.1) is 0 Å². The number of aryl methyl sites for hydroxylation is 1. The fourth-order valence-electron chi connectivity index (χ4n) is 2.48. The fourth-order valence-corrected chi connectivity index (χ4v) is 3.31. The van der Waals surface area contributed by atoms with Crippen molar-refractivity contribution in [2.75, 3.05) is 0 Å². The number of hydrogen-bond acceptors (Lipinski definition) is 5. The molecule has 0 aliphatic rings. The average Bonchev–Trinajstić information content (AvgIpc) is 2.45. The van der Waals surface area contributed by atoms with Gasteiger partial charge in [0.1, 0.15) is 11.5 Å². The lowest BCUT2D eigenvalue weighted by molar-refractivity contribution is -0.174. The molecule has 0 saturated heterocycles. The van der Waals surface area contributed by atoms with E-state index in [1.807, 2.05) is 0 Å². The van der Waals surface area contributed by atoms with Gasteiger partial charge in [0.25, 0.3) is 0 Å². The Kier molecular flexibility index (Phi) is 5.32. The molecular formula is C16H19O7P. The molecule has 0 atom stereocenters. The summed E-state index contributed by atoms with van der Waals surface area (Å²) in [4.78, 5) is 18.7. The lowest BCUT2D eigenvalue weighted by Crippen LogP contribution is -2.31. The van der Waals surface area contributed by atoms with E-state index in [0.29, 0.717) is 6.42 Å². The van der Waals surface area contributed by atoms with Crippen LogP contribution >= 0.6 is 7.60 Å². The van der Waals surface area contributed by atoms with Gasteiger partial charge in [0, 0.05) is 12.0 Å². The van der Waals surface area contributed by atoms with Gasteiger partial charge in [-0.1, -0.05) is 12.1 Å². The molecule has 0 amide bonds. The van der Waals surface area contributed by atoms with Crippen LogP contribution < -0.4 is 5.30 Å². The first-order chi connectivity index (χ1) is 11.1. The van der Waals surface area contributed by atoms with Crippen LogP contribution in [0.25, 0.3) is 0 Å². The molecule has 0 unspecified atom stereocenters. The first-order valence-electron chi connectivity index (χ1n) is 7.22. The predicted molar refractivity (Wildman–Crippen MR) is 86.9 cm³/mol. The highest BCUT2D eigenvalue weighted by molar-refractivity contribution is 7.60. The van der Waals surface area contributed by atoms with Gasteiger partial charge in [0.2, 0.25) is 0 Å². The van der Waals surface area contributed by atoms with Crippen LogP contribution in [0.5, 0.6) is 11.5 Å². The normalized spacial score (nSPS) is 12.3. The van der Waals surface area contributed by atoms with Gasteiger partial charge in [-0.25, -0.2) is 0 Å². The topological polar surface area (TPSA) is 138 Å². The standard InChI is InChI=1S/C16H19O7P/c17-12-5-1-3-11(9-12)4-2-8-16(19,20)14-10-13(18)6-7-15(14)24(21,22)23/h1,3,5-7,9-10,17-20H,2,4,8H2,(H2,21,22,23). The van der Waals surface area contributed by atoms with Crippen molar-refractivity contribution in [3.05, 3.63) is 53.6 Å². The van der Waals surface area contributed by atoms with Gasteiger partial charge in [-0.05, 0) is 48.7 Å². The van der Waals surface area contributed by atoms with E-state index in [9.17, 15) is 34.8 Å². The summed E-state index contributed by atoms with van der Waals surface area (Å²) in [5.74, 6) is -2.74. The van der Waals surface area contributed by atoms with E-state index in [1.165, 1.54) is 6.07 Å². The van der Waals surface area contributed by atoms with E-state index in [-0.39, 0.29) is 24.3 Å². The number of phenolic OH excluding ortho intramolecular Hbond substituents is 2. The van der Waals surface area contributed by atoms with Gasteiger partial charge >= 0.3 is 7.60 Å². The van der Waals surface area contributed by atoms with Gasteiger partial charge in [0.15, 0.2) is 5.79 Å². The minimum Gasteiger partial charge on any atom is -0.508 e. The van der Waals surface area contributed by atoms with Crippen molar-refractivity contribution in [3.8, 4) is 11.5 Å². The predicted octanol–water partition coefficient (Wildman–Crippen LogP) is 1.06. The van der Waals surface area contributed by atoms with E-state index in [4.69, 9.17) is 0 Å². The molecule has 130 valence electrons. The van der Waals surface area contributed by atoms with Gasteiger partial charge in [-0.2, -0.15) is 0 Å². The van der Waals surface area contributed by atoms with Crippen LogP contribution in [0.15, 0.2) is 42.5 Å². The molecule has 0 aliphatic carbocycles. The molecule has 0 aromatic heterocycles. The minimum atomic E-state index is -4.73. The largest absolute Gasteiger partial charge is 0.508 e. The highest BCUT2D eigenvalue weighted by Gasteiger charge is 2.34. The maximum absolute atomic E-state index is 11.5. The molecule has 24 heavy (non-hydrogen) atoms. The Morgan fingerprint density at radius 2 is 1.62 bits per heavy atom. The quantitative estimate of drug-likeness (QED) is 0.337. The number of rotatable bonds is 6. The van der Waals surface area contributed by atoms with Gasteiger partial charge < -0.3 is 30.2 Å². The molecule has 0 aliphatic heterocycles. The Bertz CT molecular complexity index is 767. The zero-order chi connectivity index (χ0) is 18.0. The Morgan fingerprint density at radius 3 is 2.25 bits per heavy atom. The van der Waals surface area contributed by atoms with E-state index in [2.05, 4.69) is 0 Å². The number of phenols is 2. The molecular weight excluding hydrogens is 335 g/mol. The zero-order valence-corrected chi connectivity index (χ0v) is 13.6. The molecule has 2 aromatic rings. The highest BCUT2D eigenvalue weighted by Crippen LogP contribution is 2.39. The molecule has 2 rings (SSSR count). The third kappa shape index (κ3) is 4.56. The smallest absolute Gasteiger partial charge is 0.356 e. The molecule has 6 N–H and O–H groups in total. The second-order valence-electron chi connectivity index (χ2n) is 5.59. The lowest BCUT2D eigenvalue weighted by atomic mass is 9.97. The molecule has 7 nitrogen and oxygen atoms in total. The summed E-state index contributed by atoms with van der Waals surface area (Å²) < 4.78 is 11.5. The highest BCUT2D eigenvalue weighted by atomic mass is 31.2. The number of hydrogen-bond donors (Lipinski definition) is 6. The maximum atomic E-state index is 11.5. The molecule has 2 aromatic carbocycles. The van der Waals surface area contributed by atoms with Crippen LogP contribution in [0.4, 0.5) is 0 Å². The zero-order valence-electron chi connectivity index (χ0n) is 12.7. The van der Waals surface area contributed by atoms with Crippen molar-refractivity contribution in [3.63, 3.8) is 0 Å². The Labute approximate surface area is 138 Å². The first kappa shape index (κ1) is 18.4. The van der Waals surface area contributed by atoms with Gasteiger partial charge in [-0.3, -0.25) is 4.57 Å². The Balaban J connectivity index is 2.18. The van der Waals surface area contributed by atoms with Crippen LogP contribution in [0.1, 0.15) is 24.0 Å². The monoisotopic (exact) mass is 354 g/mol. The second kappa shape index (κ2) is 6.93. The molecule has 0 bridgehead atoms. The summed E-state index contributed by atoms with van der Waals surface area (Å²) in [6, 6.07) is 9.48. The first-order valence-corrected chi connectivity index (χ1v) is 8.83. The second-order valence-corrected chi connectivity index (χ2v) is 7.16. The van der Waals surface area contributed by atoms with Crippen molar-refractivity contribution in [1.82, 2.24) is 0 Å². The molecule has 0 spiro atoms. The summed E-state index contributed by atoms with van der Waals surface area (Å²) in [5, 5.41) is 38.8. The van der Waals surface area contributed by atoms with E-state index < -0.39 is 24.3 Å². The van der Waals surface area contributed by atoms with Crippen molar-refractivity contribution < 1.29 is 34.8 Å². The third-order valence-corrected chi connectivity index (χ3v) is 4.64. The summed E-state index contributed by atoms with van der Waals surface area (Å²) in [5.41, 5.74) is 0.365. The molecule has 0 saturated carbocycles. The summed E-state index contributed by atoms with van der Waals surface area (Å²) >= 11 is 0. The average molecular weight is 354 g/mol. The van der Waals surface area contributed by atoms with E-state index >= 15 is 0 Å². The van der Waals surface area contributed by atoms with Crippen LogP contribution in [-0.4, -0.2) is 30.2 Å². The van der Waals surface area contributed by atoms with Crippen molar-refractivity contribution >= 4 is 12.9 Å². The molecule has 0 radical (unpaired) electrons. The molecule has 8 heteroatoms.